The quantitative estimate of drug-likeness (QED) is 0.877. The summed E-state index contributed by atoms with van der Waals surface area (Å²) >= 11 is 0. The molecule has 0 unspecified atom stereocenters. The molecule has 0 spiro atoms. The Morgan fingerprint density at radius 1 is 1.29 bits per heavy atom. The molecule has 3 rings (SSSR count). The smallest absolute Gasteiger partial charge is 0.253 e. The molecule has 2 N–H and O–H groups in total. The molecule has 0 bridgehead atoms. The van der Waals surface area contributed by atoms with Crippen LogP contribution in [0, 0.1) is 0 Å². The van der Waals surface area contributed by atoms with Crippen molar-refractivity contribution in [3.8, 4) is 0 Å². The summed E-state index contributed by atoms with van der Waals surface area (Å²) in [5.41, 5.74) is 2.37. The lowest BCUT2D eigenvalue weighted by Crippen LogP contribution is -2.36. The molecule has 6 heteroatoms. The number of hydrogen-bond acceptors (Lipinski definition) is 4. The van der Waals surface area contributed by atoms with E-state index in [0.29, 0.717) is 25.1 Å². The summed E-state index contributed by atoms with van der Waals surface area (Å²) in [6.45, 7) is 1.14. The molecule has 1 atom stereocenters. The van der Waals surface area contributed by atoms with Crippen molar-refractivity contribution in [3.63, 3.8) is 0 Å². The van der Waals surface area contributed by atoms with Gasteiger partial charge in [-0.15, -0.1) is 0 Å². The summed E-state index contributed by atoms with van der Waals surface area (Å²) in [5, 5.41) is 6.22. The van der Waals surface area contributed by atoms with Crippen LogP contribution >= 0.6 is 0 Å². The van der Waals surface area contributed by atoms with Gasteiger partial charge in [0.05, 0.1) is 11.6 Å². The van der Waals surface area contributed by atoms with Crippen LogP contribution in [0.3, 0.4) is 0 Å². The summed E-state index contributed by atoms with van der Waals surface area (Å²) in [6, 6.07) is 11.1. The fourth-order valence-corrected chi connectivity index (χ4v) is 2.76. The highest BCUT2D eigenvalue weighted by Gasteiger charge is 2.28. The van der Waals surface area contributed by atoms with Crippen LogP contribution in [-0.2, 0) is 11.3 Å². The summed E-state index contributed by atoms with van der Waals surface area (Å²) in [6.07, 6.45) is 3.87. The molecule has 1 saturated heterocycles. The number of anilines is 1. The standard InChI is InChI=1S/C18H20N4O2/c1-22-12-14(9-17(22)23)21-18(24)15-6-2-3-7-16(15)20-11-13-5-4-8-19-10-13/h2-8,10,14,20H,9,11-12H2,1H3,(H,21,24)/t14-/m1/s1. The van der Waals surface area contributed by atoms with Crippen LogP contribution in [0.25, 0.3) is 0 Å². The zero-order chi connectivity index (χ0) is 16.9. The van der Waals surface area contributed by atoms with E-state index in [4.69, 9.17) is 0 Å². The number of hydrogen-bond donors (Lipinski definition) is 2. The van der Waals surface area contributed by atoms with Gasteiger partial charge in [0.2, 0.25) is 5.91 Å². The molecule has 24 heavy (non-hydrogen) atoms. The number of amides is 2. The number of rotatable bonds is 5. The number of nitrogens with zero attached hydrogens (tertiary/aromatic N) is 2. The van der Waals surface area contributed by atoms with E-state index < -0.39 is 0 Å². The Hall–Kier alpha value is -2.89. The number of aromatic nitrogens is 1. The first-order valence-electron chi connectivity index (χ1n) is 7.90. The Balaban J connectivity index is 1.67. The molecule has 6 nitrogen and oxygen atoms in total. The molecule has 0 saturated carbocycles. The third-order valence-corrected chi connectivity index (χ3v) is 4.05. The Bertz CT molecular complexity index is 733. The number of pyridine rings is 1. The van der Waals surface area contributed by atoms with Crippen LogP contribution < -0.4 is 10.6 Å². The van der Waals surface area contributed by atoms with Gasteiger partial charge in [-0.3, -0.25) is 14.6 Å². The highest BCUT2D eigenvalue weighted by Crippen LogP contribution is 2.17. The van der Waals surface area contributed by atoms with E-state index in [1.54, 1.807) is 30.4 Å². The van der Waals surface area contributed by atoms with Crippen LogP contribution in [0.15, 0.2) is 48.8 Å². The first kappa shape index (κ1) is 16.0. The topological polar surface area (TPSA) is 74.3 Å². The molecule has 0 aliphatic carbocycles. The van der Waals surface area contributed by atoms with E-state index >= 15 is 0 Å². The van der Waals surface area contributed by atoms with Crippen LogP contribution in [0.2, 0.25) is 0 Å². The maximum Gasteiger partial charge on any atom is 0.253 e. The van der Waals surface area contributed by atoms with E-state index in [2.05, 4.69) is 15.6 Å². The Kier molecular flexibility index (Phi) is 4.74. The molecule has 1 aromatic carbocycles. The maximum atomic E-state index is 12.6. The largest absolute Gasteiger partial charge is 0.380 e. The second-order valence-corrected chi connectivity index (χ2v) is 5.91. The molecule has 1 aliphatic heterocycles. The van der Waals surface area contributed by atoms with E-state index in [0.717, 1.165) is 11.3 Å². The fraction of sp³-hybridized carbons (Fsp3) is 0.278. The van der Waals surface area contributed by atoms with Crippen molar-refractivity contribution in [2.45, 2.75) is 19.0 Å². The number of likely N-dealkylation sites (N-methyl/N-ethyl adjacent to an activating group) is 1. The second kappa shape index (κ2) is 7.12. The number of benzene rings is 1. The van der Waals surface area contributed by atoms with E-state index in [1.165, 1.54) is 0 Å². The van der Waals surface area contributed by atoms with Crippen molar-refractivity contribution >= 4 is 17.5 Å². The minimum absolute atomic E-state index is 0.0586. The molecule has 2 heterocycles. The lowest BCUT2D eigenvalue weighted by atomic mass is 10.1. The number of para-hydroxylation sites is 1. The maximum absolute atomic E-state index is 12.6. The highest BCUT2D eigenvalue weighted by molar-refractivity contribution is 6.00. The fourth-order valence-electron chi connectivity index (χ4n) is 2.76. The molecule has 124 valence electrons. The van der Waals surface area contributed by atoms with Crippen molar-refractivity contribution in [2.24, 2.45) is 0 Å². The first-order chi connectivity index (χ1) is 11.6. The van der Waals surface area contributed by atoms with Crippen LogP contribution in [0.5, 0.6) is 0 Å². The third-order valence-electron chi connectivity index (χ3n) is 4.05. The molecule has 1 aromatic heterocycles. The highest BCUT2D eigenvalue weighted by atomic mass is 16.2. The van der Waals surface area contributed by atoms with Gasteiger partial charge in [-0.25, -0.2) is 0 Å². The minimum atomic E-state index is -0.169. The molecule has 1 fully saturated rings. The monoisotopic (exact) mass is 324 g/mol. The second-order valence-electron chi connectivity index (χ2n) is 5.91. The van der Waals surface area contributed by atoms with Crippen LogP contribution in [-0.4, -0.2) is 41.3 Å². The van der Waals surface area contributed by atoms with Gasteiger partial charge in [0, 0.05) is 44.6 Å². The number of carbonyl (C=O) groups excluding carboxylic acids is 2. The van der Waals surface area contributed by atoms with Gasteiger partial charge in [-0.1, -0.05) is 18.2 Å². The van der Waals surface area contributed by atoms with Crippen LogP contribution in [0.4, 0.5) is 5.69 Å². The van der Waals surface area contributed by atoms with Crippen molar-refractivity contribution in [1.29, 1.82) is 0 Å². The van der Waals surface area contributed by atoms with Crippen molar-refractivity contribution in [1.82, 2.24) is 15.2 Å². The lowest BCUT2D eigenvalue weighted by Gasteiger charge is -2.15. The molecule has 1 aliphatic rings. The number of nitrogens with one attached hydrogen (secondary N) is 2. The first-order valence-corrected chi connectivity index (χ1v) is 7.90. The summed E-state index contributed by atoms with van der Waals surface area (Å²) in [7, 11) is 1.75. The Morgan fingerprint density at radius 3 is 2.83 bits per heavy atom. The van der Waals surface area contributed by atoms with E-state index in [-0.39, 0.29) is 17.9 Å². The van der Waals surface area contributed by atoms with Gasteiger partial charge in [0.25, 0.3) is 5.91 Å². The Morgan fingerprint density at radius 2 is 2.12 bits per heavy atom. The predicted octanol–water partition coefficient (Wildman–Crippen LogP) is 1.65. The van der Waals surface area contributed by atoms with Crippen molar-refractivity contribution in [3.05, 3.63) is 59.9 Å². The average Bonchev–Trinajstić information content (AvgIpc) is 2.91. The molecular formula is C18H20N4O2. The average molecular weight is 324 g/mol. The molecular weight excluding hydrogens is 304 g/mol. The van der Waals surface area contributed by atoms with Gasteiger partial charge < -0.3 is 15.5 Å². The number of carbonyl (C=O) groups is 2. The van der Waals surface area contributed by atoms with Gasteiger partial charge in [-0.05, 0) is 23.8 Å². The third kappa shape index (κ3) is 3.71. The van der Waals surface area contributed by atoms with E-state index in [1.807, 2.05) is 30.3 Å². The lowest BCUT2D eigenvalue weighted by molar-refractivity contribution is -0.126. The SMILES string of the molecule is CN1C[C@H](NC(=O)c2ccccc2NCc2cccnc2)CC1=O. The van der Waals surface area contributed by atoms with Gasteiger partial charge in [-0.2, -0.15) is 0 Å². The van der Waals surface area contributed by atoms with E-state index in [9.17, 15) is 9.59 Å². The Labute approximate surface area is 140 Å². The predicted molar refractivity (Wildman–Crippen MR) is 91.5 cm³/mol. The molecule has 2 amide bonds. The van der Waals surface area contributed by atoms with Gasteiger partial charge in [0.1, 0.15) is 0 Å². The summed E-state index contributed by atoms with van der Waals surface area (Å²) < 4.78 is 0. The zero-order valence-corrected chi connectivity index (χ0v) is 13.5. The summed E-state index contributed by atoms with van der Waals surface area (Å²) in [4.78, 5) is 29.9. The zero-order valence-electron chi connectivity index (χ0n) is 13.5. The normalized spacial score (nSPS) is 17.0. The number of likely N-dealkylation sites (tertiary alicyclic amines) is 1. The van der Waals surface area contributed by atoms with Crippen molar-refractivity contribution in [2.75, 3.05) is 18.9 Å². The van der Waals surface area contributed by atoms with Gasteiger partial charge in [0.15, 0.2) is 0 Å². The van der Waals surface area contributed by atoms with Crippen LogP contribution in [0.1, 0.15) is 22.3 Å². The minimum Gasteiger partial charge on any atom is -0.380 e. The molecule has 0 radical (unpaired) electrons. The molecule has 2 aromatic rings. The van der Waals surface area contributed by atoms with Crippen molar-refractivity contribution < 1.29 is 9.59 Å². The van der Waals surface area contributed by atoms with Gasteiger partial charge >= 0.3 is 0 Å². The summed E-state index contributed by atoms with van der Waals surface area (Å²) in [5.74, 6) is -0.110.